The molecule has 0 aliphatic heterocycles. The first-order valence-corrected chi connectivity index (χ1v) is 7.07. The number of nitrogens with one attached hydrogen (secondary N) is 1. The Kier molecular flexibility index (Phi) is 4.89. The first-order chi connectivity index (χ1) is 6.72. The molecular weight excluding hydrogens is 218 g/mol. The Labute approximate surface area is 90.4 Å². The van der Waals surface area contributed by atoms with Crippen molar-refractivity contribution in [3.8, 4) is 0 Å². The topological polar surface area (TPSA) is 54.9 Å². The maximum atomic E-state index is 10.8. The van der Waals surface area contributed by atoms with E-state index >= 15 is 0 Å². The summed E-state index contributed by atoms with van der Waals surface area (Å²) in [6.07, 6.45) is 5.18. The maximum absolute atomic E-state index is 10.8. The molecule has 1 aromatic heterocycles. The van der Waals surface area contributed by atoms with Gasteiger partial charge in [-0.1, -0.05) is 0 Å². The number of anilines is 1. The highest BCUT2D eigenvalue weighted by Gasteiger charge is 1.97. The first kappa shape index (κ1) is 11.5. The molecule has 1 atom stereocenters. The number of rotatable bonds is 5. The minimum Gasteiger partial charge on any atom is -0.369 e. The van der Waals surface area contributed by atoms with Gasteiger partial charge >= 0.3 is 0 Å². The Balaban J connectivity index is 2.46. The summed E-state index contributed by atoms with van der Waals surface area (Å²) in [4.78, 5) is 8.10. The van der Waals surface area contributed by atoms with E-state index in [4.69, 9.17) is 0 Å². The summed E-state index contributed by atoms with van der Waals surface area (Å²) in [7, 11) is -0.757. The van der Waals surface area contributed by atoms with E-state index in [2.05, 4.69) is 15.3 Å². The number of hydrogen-bond acceptors (Lipinski definition) is 5. The second-order valence-corrected chi connectivity index (χ2v) is 5.03. The molecule has 0 fully saturated rings. The molecule has 78 valence electrons. The lowest BCUT2D eigenvalue weighted by molar-refractivity contribution is 0.687. The van der Waals surface area contributed by atoms with E-state index in [9.17, 15) is 4.21 Å². The number of aromatic nitrogens is 2. The second-order valence-electron chi connectivity index (χ2n) is 2.65. The number of thioether (sulfide) groups is 1. The summed E-state index contributed by atoms with van der Waals surface area (Å²) in [6, 6.07) is 1.88. The van der Waals surface area contributed by atoms with Crippen LogP contribution in [0.1, 0.15) is 0 Å². The molecule has 6 heteroatoms. The van der Waals surface area contributed by atoms with Crippen LogP contribution in [0.5, 0.6) is 0 Å². The van der Waals surface area contributed by atoms with Crippen LogP contribution in [0.4, 0.5) is 5.82 Å². The fourth-order valence-corrected chi connectivity index (χ4v) is 1.64. The van der Waals surface area contributed by atoms with E-state index in [1.807, 2.05) is 12.3 Å². The van der Waals surface area contributed by atoms with Crippen molar-refractivity contribution in [1.29, 1.82) is 0 Å². The Hall–Kier alpha value is -0.620. The van der Waals surface area contributed by atoms with Gasteiger partial charge in [0.2, 0.25) is 0 Å². The second kappa shape index (κ2) is 5.98. The van der Waals surface area contributed by atoms with Crippen molar-refractivity contribution >= 4 is 28.4 Å². The first-order valence-electron chi connectivity index (χ1n) is 4.12. The van der Waals surface area contributed by atoms with Crippen molar-refractivity contribution < 1.29 is 4.21 Å². The molecule has 0 aliphatic carbocycles. The van der Waals surface area contributed by atoms with E-state index in [1.54, 1.807) is 18.0 Å². The fraction of sp³-hybridized carbons (Fsp3) is 0.500. The van der Waals surface area contributed by atoms with Gasteiger partial charge in [-0.15, -0.1) is 11.8 Å². The summed E-state index contributed by atoms with van der Waals surface area (Å²) in [6.45, 7) is 0.675. The average Bonchev–Trinajstić information content (AvgIpc) is 2.18. The molecule has 1 aromatic rings. The zero-order valence-corrected chi connectivity index (χ0v) is 9.82. The van der Waals surface area contributed by atoms with Gasteiger partial charge in [-0.3, -0.25) is 4.21 Å². The van der Waals surface area contributed by atoms with Crippen molar-refractivity contribution in [3.63, 3.8) is 0 Å². The minimum atomic E-state index is -0.757. The molecule has 0 saturated carbocycles. The average molecular weight is 231 g/mol. The van der Waals surface area contributed by atoms with Crippen LogP contribution in [0.2, 0.25) is 0 Å². The Morgan fingerprint density at radius 2 is 2.36 bits per heavy atom. The van der Waals surface area contributed by atoms with Gasteiger partial charge in [-0.2, -0.15) is 0 Å². The molecule has 0 bridgehead atoms. The van der Waals surface area contributed by atoms with Crippen LogP contribution in [-0.4, -0.2) is 39.0 Å². The standard InChI is InChI=1S/C8H13N3OS2/c1-13-8-5-7(10-6-11-8)9-3-4-14(2)12/h5-6H,3-4H2,1-2H3,(H,9,10,11). The van der Waals surface area contributed by atoms with Gasteiger partial charge in [0.15, 0.2) is 0 Å². The molecule has 1 N–H and O–H groups in total. The molecule has 4 nitrogen and oxygen atoms in total. The highest BCUT2D eigenvalue weighted by atomic mass is 32.2. The lowest BCUT2D eigenvalue weighted by Gasteiger charge is -2.04. The van der Waals surface area contributed by atoms with Crippen LogP contribution in [0, 0.1) is 0 Å². The lowest BCUT2D eigenvalue weighted by Crippen LogP contribution is -2.10. The van der Waals surface area contributed by atoms with Gasteiger partial charge in [-0.05, 0) is 6.26 Å². The fourth-order valence-electron chi connectivity index (χ4n) is 0.871. The maximum Gasteiger partial charge on any atom is 0.130 e. The van der Waals surface area contributed by atoms with Gasteiger partial charge < -0.3 is 5.32 Å². The van der Waals surface area contributed by atoms with Gasteiger partial charge in [0.05, 0.1) is 0 Å². The molecule has 0 saturated heterocycles. The van der Waals surface area contributed by atoms with E-state index in [-0.39, 0.29) is 0 Å². The third-order valence-corrected chi connectivity index (χ3v) is 2.97. The van der Waals surface area contributed by atoms with Gasteiger partial charge in [-0.25, -0.2) is 9.97 Å². The Bertz CT molecular complexity index is 319. The van der Waals surface area contributed by atoms with Crippen molar-refractivity contribution in [2.24, 2.45) is 0 Å². The smallest absolute Gasteiger partial charge is 0.130 e. The van der Waals surface area contributed by atoms with Gasteiger partial charge in [0.25, 0.3) is 0 Å². The normalized spacial score (nSPS) is 12.4. The quantitative estimate of drug-likeness (QED) is 0.605. The van der Waals surface area contributed by atoms with Gasteiger partial charge in [0.1, 0.15) is 17.2 Å². The number of hydrogen-bond donors (Lipinski definition) is 1. The van der Waals surface area contributed by atoms with Crippen LogP contribution in [0.3, 0.4) is 0 Å². The SMILES string of the molecule is CSc1cc(NCCS(C)=O)ncn1. The van der Waals surface area contributed by atoms with Crippen molar-refractivity contribution in [2.75, 3.05) is 30.1 Å². The monoisotopic (exact) mass is 231 g/mol. The number of nitrogens with zero attached hydrogens (tertiary/aromatic N) is 2. The van der Waals surface area contributed by atoms with Crippen molar-refractivity contribution in [2.45, 2.75) is 5.03 Å². The summed E-state index contributed by atoms with van der Waals surface area (Å²) >= 11 is 1.57. The Morgan fingerprint density at radius 3 is 3.00 bits per heavy atom. The molecule has 0 aliphatic rings. The van der Waals surface area contributed by atoms with Crippen molar-refractivity contribution in [1.82, 2.24) is 9.97 Å². The molecule has 14 heavy (non-hydrogen) atoms. The van der Waals surface area contributed by atoms with Crippen LogP contribution >= 0.6 is 11.8 Å². The van der Waals surface area contributed by atoms with E-state index in [0.717, 1.165) is 10.8 Å². The van der Waals surface area contributed by atoms with Crippen LogP contribution in [0.15, 0.2) is 17.4 Å². The third kappa shape index (κ3) is 4.06. The van der Waals surface area contributed by atoms with E-state index in [0.29, 0.717) is 12.3 Å². The summed E-state index contributed by atoms with van der Waals surface area (Å²) < 4.78 is 10.8. The molecular formula is C8H13N3OS2. The summed E-state index contributed by atoms with van der Waals surface area (Å²) in [5, 5.41) is 4.02. The highest BCUT2D eigenvalue weighted by Crippen LogP contribution is 2.13. The summed E-state index contributed by atoms with van der Waals surface area (Å²) in [5.74, 6) is 1.42. The third-order valence-electron chi connectivity index (χ3n) is 1.55. The largest absolute Gasteiger partial charge is 0.369 e. The molecule has 1 rings (SSSR count). The Morgan fingerprint density at radius 1 is 1.57 bits per heavy atom. The molecule has 0 spiro atoms. The van der Waals surface area contributed by atoms with E-state index < -0.39 is 10.8 Å². The molecule has 0 aromatic carbocycles. The minimum absolute atomic E-state index is 0.638. The zero-order valence-electron chi connectivity index (χ0n) is 8.19. The zero-order chi connectivity index (χ0) is 10.4. The van der Waals surface area contributed by atoms with E-state index in [1.165, 1.54) is 6.33 Å². The molecule has 0 radical (unpaired) electrons. The van der Waals surface area contributed by atoms with Crippen LogP contribution in [-0.2, 0) is 10.8 Å². The highest BCUT2D eigenvalue weighted by molar-refractivity contribution is 7.98. The molecule has 1 unspecified atom stereocenters. The predicted octanol–water partition coefficient (Wildman–Crippen LogP) is 0.989. The molecule has 0 amide bonds. The predicted molar refractivity (Wildman–Crippen MR) is 61.2 cm³/mol. The van der Waals surface area contributed by atoms with Gasteiger partial charge in [0, 0.05) is 35.4 Å². The summed E-state index contributed by atoms with van der Waals surface area (Å²) in [5.41, 5.74) is 0. The van der Waals surface area contributed by atoms with Crippen LogP contribution < -0.4 is 5.32 Å². The molecule has 1 heterocycles. The van der Waals surface area contributed by atoms with Crippen molar-refractivity contribution in [3.05, 3.63) is 12.4 Å². The lowest BCUT2D eigenvalue weighted by atomic mass is 10.5. The van der Waals surface area contributed by atoms with Crippen LogP contribution in [0.25, 0.3) is 0 Å².